The Bertz CT molecular complexity index is 1380. The zero-order chi connectivity index (χ0) is 24.8. The fourth-order valence-corrected chi connectivity index (χ4v) is 4.02. The number of thioether (sulfide) groups is 1. The molecule has 0 atom stereocenters. The van der Waals surface area contributed by atoms with Gasteiger partial charge in [0.2, 0.25) is 0 Å². The molecule has 1 N–H and O–H groups in total. The van der Waals surface area contributed by atoms with Crippen LogP contribution in [0.2, 0.25) is 0 Å². The number of nitrogens with one attached hydrogen (secondary N) is 1. The Kier molecular flexibility index (Phi) is 7.32. The molecule has 176 valence electrons. The standard InChI is InChI=1S/C25H22N6O3S/c1-17-11-13-19(14-12-17)24-28-29-25(30(24)21-8-4-3-5-9-21)35-16-23(32)27-26-18(2)20-7-6-10-22(15-20)31(33)34/h3-15H,16H2,1-2H3,(H,27,32)/b26-18-. The number of amides is 1. The van der Waals surface area contributed by atoms with Gasteiger partial charge in [0, 0.05) is 28.9 Å². The van der Waals surface area contributed by atoms with Crippen LogP contribution in [0.25, 0.3) is 17.1 Å². The number of nitro benzene ring substituents is 1. The van der Waals surface area contributed by atoms with Crippen LogP contribution in [0.15, 0.2) is 89.1 Å². The van der Waals surface area contributed by atoms with Crippen LogP contribution >= 0.6 is 11.8 Å². The number of carbonyl (C=O) groups excluding carboxylic acids is 1. The van der Waals surface area contributed by atoms with E-state index in [1.54, 1.807) is 19.1 Å². The lowest BCUT2D eigenvalue weighted by molar-refractivity contribution is -0.384. The molecule has 0 radical (unpaired) electrons. The van der Waals surface area contributed by atoms with E-state index in [0.29, 0.717) is 22.3 Å². The summed E-state index contributed by atoms with van der Waals surface area (Å²) in [4.78, 5) is 23.0. The zero-order valence-electron chi connectivity index (χ0n) is 19.1. The SMILES string of the molecule is C/C(=N/NC(=O)CSc1nnc(-c2ccc(C)cc2)n1-c1ccccc1)c1cccc([N+](=O)[O-])c1. The maximum absolute atomic E-state index is 12.5. The van der Waals surface area contributed by atoms with Crippen molar-refractivity contribution in [2.24, 2.45) is 5.10 Å². The lowest BCUT2D eigenvalue weighted by Crippen LogP contribution is -2.21. The average Bonchev–Trinajstić information content (AvgIpc) is 3.31. The maximum Gasteiger partial charge on any atom is 0.270 e. The number of aromatic nitrogens is 3. The normalized spacial score (nSPS) is 11.3. The molecule has 0 unspecified atom stereocenters. The number of non-ortho nitro benzene ring substituents is 1. The molecule has 0 aliphatic heterocycles. The Balaban J connectivity index is 1.50. The molecule has 3 aromatic carbocycles. The lowest BCUT2D eigenvalue weighted by atomic mass is 10.1. The number of para-hydroxylation sites is 1. The molecule has 0 bridgehead atoms. The Labute approximate surface area is 206 Å². The Morgan fingerprint density at radius 2 is 1.80 bits per heavy atom. The van der Waals surface area contributed by atoms with Crippen molar-refractivity contribution in [2.45, 2.75) is 19.0 Å². The zero-order valence-corrected chi connectivity index (χ0v) is 19.9. The van der Waals surface area contributed by atoms with Gasteiger partial charge in [-0.3, -0.25) is 19.5 Å². The molecule has 0 aliphatic rings. The van der Waals surface area contributed by atoms with Crippen LogP contribution in [0.1, 0.15) is 18.1 Å². The number of carbonyl (C=O) groups is 1. The Morgan fingerprint density at radius 3 is 2.51 bits per heavy atom. The minimum Gasteiger partial charge on any atom is -0.272 e. The van der Waals surface area contributed by atoms with E-state index in [4.69, 9.17) is 0 Å². The van der Waals surface area contributed by atoms with Gasteiger partial charge in [-0.05, 0) is 26.0 Å². The van der Waals surface area contributed by atoms with E-state index >= 15 is 0 Å². The van der Waals surface area contributed by atoms with Gasteiger partial charge in [0.1, 0.15) is 0 Å². The largest absolute Gasteiger partial charge is 0.272 e. The fraction of sp³-hybridized carbons (Fsp3) is 0.120. The number of aryl methyl sites for hydroxylation is 1. The van der Waals surface area contributed by atoms with Crippen LogP contribution < -0.4 is 5.43 Å². The van der Waals surface area contributed by atoms with E-state index in [1.165, 1.54) is 23.9 Å². The van der Waals surface area contributed by atoms with Gasteiger partial charge in [-0.1, -0.05) is 71.9 Å². The van der Waals surface area contributed by atoms with Crippen molar-refractivity contribution in [3.05, 3.63) is 100 Å². The first-order chi connectivity index (χ1) is 16.9. The smallest absolute Gasteiger partial charge is 0.270 e. The third-order valence-corrected chi connectivity index (χ3v) is 6.04. The maximum atomic E-state index is 12.5. The second kappa shape index (κ2) is 10.7. The predicted octanol–water partition coefficient (Wildman–Crippen LogP) is 4.78. The van der Waals surface area contributed by atoms with Crippen LogP contribution in [-0.2, 0) is 4.79 Å². The summed E-state index contributed by atoms with van der Waals surface area (Å²) in [6.45, 7) is 3.70. The second-order valence-electron chi connectivity index (χ2n) is 7.67. The highest BCUT2D eigenvalue weighted by molar-refractivity contribution is 7.99. The quantitative estimate of drug-likeness (QED) is 0.166. The van der Waals surface area contributed by atoms with Gasteiger partial charge in [0.15, 0.2) is 11.0 Å². The number of rotatable bonds is 8. The number of benzene rings is 3. The van der Waals surface area contributed by atoms with Gasteiger partial charge in [-0.2, -0.15) is 5.10 Å². The van der Waals surface area contributed by atoms with Crippen molar-refractivity contribution in [1.29, 1.82) is 0 Å². The summed E-state index contributed by atoms with van der Waals surface area (Å²) < 4.78 is 1.92. The second-order valence-corrected chi connectivity index (χ2v) is 8.61. The summed E-state index contributed by atoms with van der Waals surface area (Å²) >= 11 is 1.24. The summed E-state index contributed by atoms with van der Waals surface area (Å²) in [6.07, 6.45) is 0. The summed E-state index contributed by atoms with van der Waals surface area (Å²) in [7, 11) is 0. The van der Waals surface area contributed by atoms with Gasteiger partial charge in [0.05, 0.1) is 16.4 Å². The van der Waals surface area contributed by atoms with Crippen molar-refractivity contribution >= 4 is 29.1 Å². The molecule has 35 heavy (non-hydrogen) atoms. The molecule has 9 nitrogen and oxygen atoms in total. The number of nitro groups is 1. The number of hydrazone groups is 1. The van der Waals surface area contributed by atoms with Crippen LogP contribution in [0.5, 0.6) is 0 Å². The first-order valence-electron chi connectivity index (χ1n) is 10.7. The summed E-state index contributed by atoms with van der Waals surface area (Å²) in [5, 5.41) is 24.3. The van der Waals surface area contributed by atoms with Gasteiger partial charge in [-0.15, -0.1) is 10.2 Å². The van der Waals surface area contributed by atoms with Crippen molar-refractivity contribution in [2.75, 3.05) is 5.75 Å². The minimum absolute atomic E-state index is 0.0384. The van der Waals surface area contributed by atoms with E-state index in [2.05, 4.69) is 20.7 Å². The molecule has 0 saturated carbocycles. The highest BCUT2D eigenvalue weighted by atomic mass is 32.2. The average molecular weight is 487 g/mol. The van der Waals surface area contributed by atoms with Gasteiger partial charge in [0.25, 0.3) is 11.6 Å². The van der Waals surface area contributed by atoms with Crippen molar-refractivity contribution in [3.63, 3.8) is 0 Å². The van der Waals surface area contributed by atoms with E-state index in [-0.39, 0.29) is 17.3 Å². The lowest BCUT2D eigenvalue weighted by Gasteiger charge is -2.10. The molecule has 1 heterocycles. The molecule has 1 aromatic heterocycles. The molecular weight excluding hydrogens is 464 g/mol. The van der Waals surface area contributed by atoms with Crippen molar-refractivity contribution in [1.82, 2.24) is 20.2 Å². The van der Waals surface area contributed by atoms with Crippen LogP contribution in [0, 0.1) is 17.0 Å². The fourth-order valence-electron chi connectivity index (χ4n) is 3.28. The van der Waals surface area contributed by atoms with E-state index in [0.717, 1.165) is 16.8 Å². The molecular formula is C25H22N6O3S. The van der Waals surface area contributed by atoms with Crippen molar-refractivity contribution < 1.29 is 9.72 Å². The van der Waals surface area contributed by atoms with Gasteiger partial charge >= 0.3 is 0 Å². The van der Waals surface area contributed by atoms with E-state index in [9.17, 15) is 14.9 Å². The Morgan fingerprint density at radius 1 is 1.06 bits per heavy atom. The van der Waals surface area contributed by atoms with E-state index in [1.807, 2.05) is 66.1 Å². The highest BCUT2D eigenvalue weighted by Crippen LogP contribution is 2.28. The number of nitrogens with zero attached hydrogens (tertiary/aromatic N) is 5. The third kappa shape index (κ3) is 5.79. The minimum atomic E-state index is -0.472. The third-order valence-electron chi connectivity index (χ3n) is 5.11. The predicted molar refractivity (Wildman–Crippen MR) is 136 cm³/mol. The van der Waals surface area contributed by atoms with Gasteiger partial charge in [-0.25, -0.2) is 5.43 Å². The van der Waals surface area contributed by atoms with Crippen LogP contribution in [0.3, 0.4) is 0 Å². The topological polar surface area (TPSA) is 115 Å². The molecule has 0 aliphatic carbocycles. The molecule has 0 fully saturated rings. The highest BCUT2D eigenvalue weighted by Gasteiger charge is 2.17. The summed E-state index contributed by atoms with van der Waals surface area (Å²) in [6, 6.07) is 23.8. The number of hydrogen-bond acceptors (Lipinski definition) is 7. The molecule has 4 rings (SSSR count). The summed E-state index contributed by atoms with van der Waals surface area (Å²) in [5.74, 6) is 0.405. The molecule has 0 spiro atoms. The molecule has 0 saturated heterocycles. The Hall–Kier alpha value is -4.31. The first kappa shape index (κ1) is 23.8. The van der Waals surface area contributed by atoms with Crippen LogP contribution in [-0.4, -0.2) is 37.1 Å². The van der Waals surface area contributed by atoms with Crippen LogP contribution in [0.4, 0.5) is 5.69 Å². The molecule has 4 aromatic rings. The number of hydrogen-bond donors (Lipinski definition) is 1. The monoisotopic (exact) mass is 486 g/mol. The molecule has 10 heteroatoms. The van der Waals surface area contributed by atoms with Crippen molar-refractivity contribution in [3.8, 4) is 17.1 Å². The first-order valence-corrected chi connectivity index (χ1v) is 11.7. The molecule has 1 amide bonds. The van der Waals surface area contributed by atoms with Gasteiger partial charge < -0.3 is 0 Å². The summed E-state index contributed by atoms with van der Waals surface area (Å²) in [5.41, 5.74) is 6.43. The van der Waals surface area contributed by atoms with E-state index < -0.39 is 4.92 Å².